The molecule has 0 saturated heterocycles. The molecule has 3 rings (SSSR count). The van der Waals surface area contributed by atoms with Crippen molar-refractivity contribution in [3.63, 3.8) is 0 Å². The molecule has 5 heteroatoms. The molecular formula is C26H38N2O2S. The number of allylic oxidation sites excluding steroid dienone is 1. The van der Waals surface area contributed by atoms with Crippen molar-refractivity contribution in [1.29, 1.82) is 0 Å². The highest BCUT2D eigenvalue weighted by molar-refractivity contribution is 7.18. The van der Waals surface area contributed by atoms with Crippen LogP contribution in [0.1, 0.15) is 84.7 Å². The Kier molecular flexibility index (Phi) is 7.14. The molecule has 0 aliphatic carbocycles. The molecule has 1 aliphatic rings. The highest BCUT2D eigenvalue weighted by Gasteiger charge is 2.29. The van der Waals surface area contributed by atoms with Crippen molar-refractivity contribution in [2.45, 2.75) is 86.2 Å². The molecule has 2 aromatic rings. The highest BCUT2D eigenvalue weighted by Crippen LogP contribution is 2.36. The zero-order chi connectivity index (χ0) is 22.8. The molecule has 1 aromatic carbocycles. The molecule has 4 nitrogen and oxygen atoms in total. The summed E-state index contributed by atoms with van der Waals surface area (Å²) in [6, 6.07) is 6.41. The van der Waals surface area contributed by atoms with Crippen LogP contribution < -0.4 is 0 Å². The molecule has 0 spiro atoms. The third kappa shape index (κ3) is 5.88. The summed E-state index contributed by atoms with van der Waals surface area (Å²) in [6.07, 6.45) is 7.46. The Morgan fingerprint density at radius 1 is 1.26 bits per heavy atom. The van der Waals surface area contributed by atoms with Gasteiger partial charge in [-0.05, 0) is 57.1 Å². The second kappa shape index (κ2) is 9.32. The minimum Gasteiger partial charge on any atom is -0.443 e. The standard InChI is InChI=1S/C26H38N2O2S/c1-8-14-26(7,9-2)16-23-27-20-15-19(11-13-22(20)31-23)21-12-10-18(3)17-28(21)24(29)30-25(4,5)6/h11-13,15,18H,8-10,14,16-17H2,1-7H3. The summed E-state index contributed by atoms with van der Waals surface area (Å²) in [6.45, 7) is 15.5. The highest BCUT2D eigenvalue weighted by atomic mass is 32.1. The zero-order valence-corrected chi connectivity index (χ0v) is 21.1. The van der Waals surface area contributed by atoms with E-state index in [2.05, 4.69) is 52.0 Å². The van der Waals surface area contributed by atoms with Crippen LogP contribution in [0, 0.1) is 11.3 Å². The number of carbonyl (C=O) groups is 1. The maximum atomic E-state index is 12.9. The van der Waals surface area contributed by atoms with Crippen LogP contribution in [0.25, 0.3) is 15.9 Å². The van der Waals surface area contributed by atoms with E-state index < -0.39 is 5.60 Å². The number of amides is 1. The number of carbonyl (C=O) groups excluding carboxylic acids is 1. The van der Waals surface area contributed by atoms with Gasteiger partial charge in [-0.1, -0.05) is 52.7 Å². The van der Waals surface area contributed by atoms with E-state index in [-0.39, 0.29) is 6.09 Å². The number of aromatic nitrogens is 1. The lowest BCUT2D eigenvalue weighted by atomic mass is 9.80. The summed E-state index contributed by atoms with van der Waals surface area (Å²) in [5, 5.41) is 1.21. The second-order valence-electron chi connectivity index (χ2n) is 10.4. The minimum atomic E-state index is -0.513. The molecular weight excluding hydrogens is 404 g/mol. The van der Waals surface area contributed by atoms with E-state index in [0.29, 0.717) is 17.9 Å². The van der Waals surface area contributed by atoms with Gasteiger partial charge in [-0.15, -0.1) is 11.3 Å². The van der Waals surface area contributed by atoms with Gasteiger partial charge in [0, 0.05) is 18.5 Å². The molecule has 31 heavy (non-hydrogen) atoms. The zero-order valence-electron chi connectivity index (χ0n) is 20.2. The summed E-state index contributed by atoms with van der Waals surface area (Å²) in [4.78, 5) is 19.7. The van der Waals surface area contributed by atoms with Crippen LogP contribution in [0.5, 0.6) is 0 Å². The number of fused-ring (bicyclic) bond motifs is 1. The molecule has 0 fully saturated rings. The number of rotatable bonds is 6. The number of benzene rings is 1. The maximum Gasteiger partial charge on any atom is 0.414 e. The van der Waals surface area contributed by atoms with Crippen LogP contribution in [-0.2, 0) is 11.2 Å². The topological polar surface area (TPSA) is 42.4 Å². The van der Waals surface area contributed by atoms with Crippen LogP contribution in [0.3, 0.4) is 0 Å². The van der Waals surface area contributed by atoms with E-state index in [4.69, 9.17) is 9.72 Å². The molecule has 1 amide bonds. The first-order chi connectivity index (χ1) is 14.5. The lowest BCUT2D eigenvalue weighted by Crippen LogP contribution is -2.39. The van der Waals surface area contributed by atoms with Crippen LogP contribution in [0.15, 0.2) is 24.3 Å². The molecule has 2 atom stereocenters. The van der Waals surface area contributed by atoms with Gasteiger partial charge in [-0.2, -0.15) is 0 Å². The van der Waals surface area contributed by atoms with Gasteiger partial charge in [0.25, 0.3) is 0 Å². The normalized spacial score (nSPS) is 19.3. The van der Waals surface area contributed by atoms with Gasteiger partial charge in [0.15, 0.2) is 0 Å². The SMILES string of the molecule is CCCC(C)(CC)Cc1nc2cc(C3=CCC(C)CN3C(=O)OC(C)(C)C)ccc2s1. The molecule has 2 unspecified atom stereocenters. The third-order valence-electron chi connectivity index (χ3n) is 6.13. The van der Waals surface area contributed by atoms with Gasteiger partial charge in [0.05, 0.1) is 20.9 Å². The summed E-state index contributed by atoms with van der Waals surface area (Å²) in [5.74, 6) is 0.413. The molecule has 1 aliphatic heterocycles. The van der Waals surface area contributed by atoms with Gasteiger partial charge < -0.3 is 4.74 Å². The molecule has 0 N–H and O–H groups in total. The summed E-state index contributed by atoms with van der Waals surface area (Å²) in [7, 11) is 0. The van der Waals surface area contributed by atoms with Crippen molar-refractivity contribution < 1.29 is 9.53 Å². The Morgan fingerprint density at radius 2 is 2.00 bits per heavy atom. The Balaban J connectivity index is 1.89. The molecule has 0 radical (unpaired) electrons. The average molecular weight is 443 g/mol. The molecule has 2 heterocycles. The Hall–Kier alpha value is -1.88. The quantitative estimate of drug-likeness (QED) is 0.461. The first kappa shape index (κ1) is 23.8. The summed E-state index contributed by atoms with van der Waals surface area (Å²) >= 11 is 1.80. The predicted octanol–water partition coefficient (Wildman–Crippen LogP) is 7.67. The average Bonchev–Trinajstić information content (AvgIpc) is 3.07. The molecule has 170 valence electrons. The van der Waals surface area contributed by atoms with E-state index in [1.807, 2.05) is 20.8 Å². The molecule has 0 saturated carbocycles. The van der Waals surface area contributed by atoms with Gasteiger partial charge in [0.1, 0.15) is 5.60 Å². The van der Waals surface area contributed by atoms with Crippen molar-refractivity contribution in [2.24, 2.45) is 11.3 Å². The van der Waals surface area contributed by atoms with Crippen LogP contribution in [0.4, 0.5) is 4.79 Å². The third-order valence-corrected chi connectivity index (χ3v) is 7.16. The van der Waals surface area contributed by atoms with Crippen molar-refractivity contribution >= 4 is 33.3 Å². The van der Waals surface area contributed by atoms with Gasteiger partial charge in [-0.3, -0.25) is 4.90 Å². The largest absolute Gasteiger partial charge is 0.443 e. The maximum absolute atomic E-state index is 12.9. The van der Waals surface area contributed by atoms with Crippen molar-refractivity contribution in [2.75, 3.05) is 6.54 Å². The van der Waals surface area contributed by atoms with E-state index in [9.17, 15) is 4.79 Å². The fourth-order valence-electron chi connectivity index (χ4n) is 4.24. The lowest BCUT2D eigenvalue weighted by molar-refractivity contribution is 0.0327. The summed E-state index contributed by atoms with van der Waals surface area (Å²) in [5.41, 5.74) is 2.79. The second-order valence-corrected chi connectivity index (χ2v) is 11.5. The monoisotopic (exact) mass is 442 g/mol. The van der Waals surface area contributed by atoms with Gasteiger partial charge in [-0.25, -0.2) is 9.78 Å². The first-order valence-corrected chi connectivity index (χ1v) is 12.5. The smallest absolute Gasteiger partial charge is 0.414 e. The van der Waals surface area contributed by atoms with Crippen molar-refractivity contribution in [3.8, 4) is 0 Å². The van der Waals surface area contributed by atoms with E-state index >= 15 is 0 Å². The molecule has 0 bridgehead atoms. The fourth-order valence-corrected chi connectivity index (χ4v) is 5.40. The van der Waals surface area contributed by atoms with E-state index in [1.54, 1.807) is 16.2 Å². The number of hydrogen-bond donors (Lipinski definition) is 0. The van der Waals surface area contributed by atoms with Crippen LogP contribution >= 0.6 is 11.3 Å². The van der Waals surface area contributed by atoms with E-state index in [1.165, 1.54) is 22.5 Å². The van der Waals surface area contributed by atoms with Crippen molar-refractivity contribution in [3.05, 3.63) is 34.8 Å². The lowest BCUT2D eigenvalue weighted by Gasteiger charge is -2.33. The number of thiazole rings is 1. The van der Waals surface area contributed by atoms with Gasteiger partial charge >= 0.3 is 6.09 Å². The number of nitrogens with zero attached hydrogens (tertiary/aromatic N) is 2. The molecule has 1 aromatic heterocycles. The predicted molar refractivity (Wildman–Crippen MR) is 131 cm³/mol. The first-order valence-electron chi connectivity index (χ1n) is 11.6. The van der Waals surface area contributed by atoms with Gasteiger partial charge in [0.2, 0.25) is 0 Å². The van der Waals surface area contributed by atoms with Crippen molar-refractivity contribution in [1.82, 2.24) is 9.88 Å². The Bertz CT molecular complexity index is 956. The van der Waals surface area contributed by atoms with Crippen LogP contribution in [-0.4, -0.2) is 28.1 Å². The van der Waals surface area contributed by atoms with E-state index in [0.717, 1.165) is 36.0 Å². The Labute approximate surface area is 191 Å². The number of ether oxygens (including phenoxy) is 1. The van der Waals surface area contributed by atoms with Crippen LogP contribution in [0.2, 0.25) is 0 Å². The number of hydrogen-bond acceptors (Lipinski definition) is 4. The summed E-state index contributed by atoms with van der Waals surface area (Å²) < 4.78 is 6.90. The fraction of sp³-hybridized carbons (Fsp3) is 0.615. The Morgan fingerprint density at radius 3 is 2.65 bits per heavy atom. The minimum absolute atomic E-state index is 0.275.